The quantitative estimate of drug-likeness (QED) is 0.709. The molecule has 0 saturated carbocycles. The Kier molecular flexibility index (Phi) is 5.90. The molecule has 0 radical (unpaired) electrons. The molecule has 0 fully saturated rings. The smallest absolute Gasteiger partial charge is 0.305 e. The van der Waals surface area contributed by atoms with Crippen LogP contribution < -0.4 is 0 Å². The maximum Gasteiger partial charge on any atom is 0.305 e. The Balaban J connectivity index is 2.65. The summed E-state index contributed by atoms with van der Waals surface area (Å²) in [4.78, 5) is 11.4. The molecule has 0 N–H and O–H groups in total. The molecule has 0 spiro atoms. The summed E-state index contributed by atoms with van der Waals surface area (Å²) in [7, 11) is 0. The molecule has 1 atom stereocenters. The van der Waals surface area contributed by atoms with E-state index in [9.17, 15) is 4.79 Å². The Labute approximate surface area is 110 Å². The molecule has 0 heterocycles. The molecule has 2 heteroatoms. The molecule has 1 aromatic carbocycles. The number of esters is 1. The van der Waals surface area contributed by atoms with E-state index in [0.29, 0.717) is 24.9 Å². The Bertz CT molecular complexity index is 365. The van der Waals surface area contributed by atoms with Crippen LogP contribution in [0.3, 0.4) is 0 Å². The molecule has 18 heavy (non-hydrogen) atoms. The second kappa shape index (κ2) is 7.20. The SMILES string of the molecule is CCOC(=O)CC[C@@H](c1ccc(C)cc1)C(C)C. The van der Waals surface area contributed by atoms with Crippen LogP contribution in [0.25, 0.3) is 0 Å². The van der Waals surface area contributed by atoms with E-state index in [4.69, 9.17) is 4.74 Å². The Hall–Kier alpha value is -1.31. The van der Waals surface area contributed by atoms with Crippen molar-refractivity contribution in [1.82, 2.24) is 0 Å². The van der Waals surface area contributed by atoms with Crippen molar-refractivity contribution in [3.05, 3.63) is 35.4 Å². The largest absolute Gasteiger partial charge is 0.466 e. The van der Waals surface area contributed by atoms with Crippen molar-refractivity contribution in [2.75, 3.05) is 6.61 Å². The molecule has 0 aliphatic rings. The molecule has 100 valence electrons. The van der Waals surface area contributed by atoms with E-state index >= 15 is 0 Å². The van der Waals surface area contributed by atoms with Crippen molar-refractivity contribution in [1.29, 1.82) is 0 Å². The van der Waals surface area contributed by atoms with E-state index in [1.807, 2.05) is 6.92 Å². The number of rotatable bonds is 6. The Morgan fingerprint density at radius 2 is 1.83 bits per heavy atom. The Morgan fingerprint density at radius 3 is 2.33 bits per heavy atom. The fourth-order valence-electron chi connectivity index (χ4n) is 2.21. The first kappa shape index (κ1) is 14.7. The standard InChI is InChI=1S/C16H24O2/c1-5-18-16(17)11-10-15(12(2)3)14-8-6-13(4)7-9-14/h6-9,12,15H,5,10-11H2,1-4H3/t15-/m1/s1. The van der Waals surface area contributed by atoms with Gasteiger partial charge in [-0.05, 0) is 37.7 Å². The maximum atomic E-state index is 11.4. The van der Waals surface area contributed by atoms with E-state index in [1.165, 1.54) is 11.1 Å². The second-order valence-corrected chi connectivity index (χ2v) is 5.10. The first-order chi connectivity index (χ1) is 8.54. The lowest BCUT2D eigenvalue weighted by atomic mass is 9.84. The number of hydrogen-bond donors (Lipinski definition) is 0. The van der Waals surface area contributed by atoms with E-state index < -0.39 is 0 Å². The molecule has 0 saturated heterocycles. The highest BCUT2D eigenvalue weighted by molar-refractivity contribution is 5.69. The number of ether oxygens (including phenoxy) is 1. The zero-order valence-corrected chi connectivity index (χ0v) is 11.9. The van der Waals surface area contributed by atoms with Crippen molar-refractivity contribution in [2.45, 2.75) is 46.5 Å². The molecule has 0 amide bonds. The molecule has 1 aromatic rings. The number of carbonyl (C=O) groups is 1. The van der Waals surface area contributed by atoms with Gasteiger partial charge in [-0.15, -0.1) is 0 Å². The van der Waals surface area contributed by atoms with Gasteiger partial charge in [0.25, 0.3) is 0 Å². The van der Waals surface area contributed by atoms with Gasteiger partial charge >= 0.3 is 5.97 Å². The molecule has 0 aliphatic carbocycles. The lowest BCUT2D eigenvalue weighted by molar-refractivity contribution is -0.143. The van der Waals surface area contributed by atoms with Crippen LogP contribution in [0.2, 0.25) is 0 Å². The van der Waals surface area contributed by atoms with Gasteiger partial charge in [-0.3, -0.25) is 4.79 Å². The average molecular weight is 248 g/mol. The Morgan fingerprint density at radius 1 is 1.22 bits per heavy atom. The van der Waals surface area contributed by atoms with Crippen LogP contribution in [-0.2, 0) is 9.53 Å². The molecule has 0 bridgehead atoms. The number of hydrogen-bond acceptors (Lipinski definition) is 2. The maximum absolute atomic E-state index is 11.4. The third-order valence-electron chi connectivity index (χ3n) is 3.28. The number of benzene rings is 1. The molecule has 0 unspecified atom stereocenters. The number of aryl methyl sites for hydroxylation is 1. The highest BCUT2D eigenvalue weighted by Crippen LogP contribution is 2.29. The van der Waals surface area contributed by atoms with Gasteiger partial charge in [0.1, 0.15) is 0 Å². The minimum Gasteiger partial charge on any atom is -0.466 e. The summed E-state index contributed by atoms with van der Waals surface area (Å²) >= 11 is 0. The van der Waals surface area contributed by atoms with E-state index in [1.54, 1.807) is 0 Å². The lowest BCUT2D eigenvalue weighted by Gasteiger charge is -2.21. The van der Waals surface area contributed by atoms with Crippen molar-refractivity contribution in [3.63, 3.8) is 0 Å². The van der Waals surface area contributed by atoms with Crippen LogP contribution in [0.1, 0.15) is 50.7 Å². The summed E-state index contributed by atoms with van der Waals surface area (Å²) < 4.78 is 4.99. The van der Waals surface area contributed by atoms with Gasteiger partial charge in [0.05, 0.1) is 6.61 Å². The first-order valence-corrected chi connectivity index (χ1v) is 6.76. The third kappa shape index (κ3) is 4.52. The van der Waals surface area contributed by atoms with Gasteiger partial charge in [0.2, 0.25) is 0 Å². The summed E-state index contributed by atoms with van der Waals surface area (Å²) in [5.74, 6) is 0.868. The van der Waals surface area contributed by atoms with Gasteiger partial charge in [0, 0.05) is 6.42 Å². The van der Waals surface area contributed by atoms with Crippen molar-refractivity contribution in [3.8, 4) is 0 Å². The normalized spacial score (nSPS) is 12.5. The van der Waals surface area contributed by atoms with E-state index in [-0.39, 0.29) is 5.97 Å². The topological polar surface area (TPSA) is 26.3 Å². The third-order valence-corrected chi connectivity index (χ3v) is 3.28. The van der Waals surface area contributed by atoms with Gasteiger partial charge in [-0.2, -0.15) is 0 Å². The van der Waals surface area contributed by atoms with E-state index in [0.717, 1.165) is 6.42 Å². The average Bonchev–Trinajstić information content (AvgIpc) is 2.31. The van der Waals surface area contributed by atoms with Crippen LogP contribution in [0.15, 0.2) is 24.3 Å². The predicted octanol–water partition coefficient (Wildman–Crippen LogP) is 4.08. The molecule has 1 rings (SSSR count). The minimum atomic E-state index is -0.0877. The van der Waals surface area contributed by atoms with E-state index in [2.05, 4.69) is 45.0 Å². The van der Waals surface area contributed by atoms with Gasteiger partial charge in [-0.25, -0.2) is 0 Å². The fraction of sp³-hybridized carbons (Fsp3) is 0.562. The fourth-order valence-corrected chi connectivity index (χ4v) is 2.21. The number of carbonyl (C=O) groups excluding carboxylic acids is 1. The molecular weight excluding hydrogens is 224 g/mol. The summed E-state index contributed by atoms with van der Waals surface area (Å²) in [6.07, 6.45) is 1.37. The zero-order chi connectivity index (χ0) is 13.5. The van der Waals surface area contributed by atoms with Gasteiger partial charge in [-0.1, -0.05) is 43.7 Å². The minimum absolute atomic E-state index is 0.0877. The van der Waals surface area contributed by atoms with Crippen LogP contribution in [-0.4, -0.2) is 12.6 Å². The van der Waals surface area contributed by atoms with Crippen molar-refractivity contribution < 1.29 is 9.53 Å². The zero-order valence-electron chi connectivity index (χ0n) is 11.9. The molecule has 2 nitrogen and oxygen atoms in total. The highest BCUT2D eigenvalue weighted by atomic mass is 16.5. The highest BCUT2D eigenvalue weighted by Gasteiger charge is 2.17. The van der Waals surface area contributed by atoms with Gasteiger partial charge in [0.15, 0.2) is 0 Å². The lowest BCUT2D eigenvalue weighted by Crippen LogP contribution is -2.11. The predicted molar refractivity (Wildman–Crippen MR) is 74.6 cm³/mol. The van der Waals surface area contributed by atoms with Crippen LogP contribution in [0.4, 0.5) is 0 Å². The second-order valence-electron chi connectivity index (χ2n) is 5.10. The van der Waals surface area contributed by atoms with Crippen LogP contribution >= 0.6 is 0 Å². The van der Waals surface area contributed by atoms with Crippen LogP contribution in [0.5, 0.6) is 0 Å². The van der Waals surface area contributed by atoms with Crippen molar-refractivity contribution >= 4 is 5.97 Å². The molecule has 0 aromatic heterocycles. The summed E-state index contributed by atoms with van der Waals surface area (Å²) in [5, 5.41) is 0. The van der Waals surface area contributed by atoms with Gasteiger partial charge < -0.3 is 4.74 Å². The monoisotopic (exact) mass is 248 g/mol. The van der Waals surface area contributed by atoms with Crippen LogP contribution in [0, 0.1) is 12.8 Å². The summed E-state index contributed by atoms with van der Waals surface area (Å²) in [6.45, 7) is 8.81. The summed E-state index contributed by atoms with van der Waals surface area (Å²) in [5.41, 5.74) is 2.59. The first-order valence-electron chi connectivity index (χ1n) is 6.76. The summed E-state index contributed by atoms with van der Waals surface area (Å²) in [6, 6.07) is 8.61. The molecular formula is C16H24O2. The van der Waals surface area contributed by atoms with Crippen molar-refractivity contribution in [2.24, 2.45) is 5.92 Å². The molecule has 0 aliphatic heterocycles.